The van der Waals surface area contributed by atoms with Crippen LogP contribution in [0.5, 0.6) is 0 Å². The van der Waals surface area contributed by atoms with Crippen LogP contribution in [0.4, 0.5) is 0 Å². The van der Waals surface area contributed by atoms with Crippen LogP contribution in [0.25, 0.3) is 0 Å². The van der Waals surface area contributed by atoms with E-state index in [1.54, 1.807) is 0 Å². The summed E-state index contributed by atoms with van der Waals surface area (Å²) in [5.41, 5.74) is 0. The van der Waals surface area contributed by atoms with Gasteiger partial charge in [-0.15, -0.1) is 11.6 Å². The number of alkyl halides is 1. The van der Waals surface area contributed by atoms with E-state index in [2.05, 4.69) is 18.7 Å². The molecule has 0 N–H and O–H groups in total. The Morgan fingerprint density at radius 1 is 1.06 bits per heavy atom. The van der Waals surface area contributed by atoms with Crippen molar-refractivity contribution in [2.24, 2.45) is 11.8 Å². The van der Waals surface area contributed by atoms with Crippen molar-refractivity contribution in [1.29, 1.82) is 0 Å². The molecular formula is C15H30ClN. The molecule has 1 aliphatic rings. The zero-order chi connectivity index (χ0) is 12.5. The lowest BCUT2D eigenvalue weighted by atomic mass is 9.89. The van der Waals surface area contributed by atoms with Gasteiger partial charge in [-0.25, -0.2) is 0 Å². The molecule has 0 aliphatic carbocycles. The molecule has 0 spiro atoms. The van der Waals surface area contributed by atoms with Gasteiger partial charge >= 0.3 is 0 Å². The summed E-state index contributed by atoms with van der Waals surface area (Å²) < 4.78 is 0. The van der Waals surface area contributed by atoms with E-state index in [0.717, 1.165) is 17.7 Å². The Hall–Kier alpha value is 0.250. The molecular weight excluding hydrogens is 230 g/mol. The Kier molecular flexibility index (Phi) is 8.30. The smallest absolute Gasteiger partial charge is 0.0223 e. The molecule has 1 fully saturated rings. The second-order valence-corrected chi connectivity index (χ2v) is 6.26. The molecule has 1 atom stereocenters. The van der Waals surface area contributed by atoms with Gasteiger partial charge in [0.1, 0.15) is 0 Å². The lowest BCUT2D eigenvalue weighted by Crippen LogP contribution is -2.26. The minimum absolute atomic E-state index is 0.833. The average Bonchev–Trinajstić information content (AvgIpc) is 2.54. The van der Waals surface area contributed by atoms with Gasteiger partial charge in [0, 0.05) is 5.88 Å². The maximum atomic E-state index is 5.69. The van der Waals surface area contributed by atoms with Crippen molar-refractivity contribution < 1.29 is 0 Å². The molecule has 1 aliphatic heterocycles. The molecule has 1 heterocycles. The van der Waals surface area contributed by atoms with Crippen LogP contribution in [0, 0.1) is 11.8 Å². The summed E-state index contributed by atoms with van der Waals surface area (Å²) in [6.45, 7) is 8.74. The van der Waals surface area contributed by atoms with Crippen molar-refractivity contribution in [3.8, 4) is 0 Å². The summed E-state index contributed by atoms with van der Waals surface area (Å²) in [5, 5.41) is 0. The lowest BCUT2D eigenvalue weighted by molar-refractivity contribution is 0.266. The standard InChI is InChI=1S/C15H30ClN/c1-14(2)15-8-7-12-17(13-9-15)11-6-4-3-5-10-16/h14-15H,3-13H2,1-2H3. The fraction of sp³-hybridized carbons (Fsp3) is 1.00. The zero-order valence-electron chi connectivity index (χ0n) is 11.8. The quantitative estimate of drug-likeness (QED) is 0.479. The second-order valence-electron chi connectivity index (χ2n) is 5.88. The summed E-state index contributed by atoms with van der Waals surface area (Å²) in [6.07, 6.45) is 9.49. The highest BCUT2D eigenvalue weighted by atomic mass is 35.5. The van der Waals surface area contributed by atoms with E-state index in [4.69, 9.17) is 11.6 Å². The number of unbranched alkanes of at least 4 members (excludes halogenated alkanes) is 3. The minimum atomic E-state index is 0.833. The first-order valence-electron chi connectivity index (χ1n) is 7.52. The first-order valence-corrected chi connectivity index (χ1v) is 8.05. The third kappa shape index (κ3) is 6.67. The van der Waals surface area contributed by atoms with Gasteiger partial charge in [-0.1, -0.05) is 26.7 Å². The summed E-state index contributed by atoms with van der Waals surface area (Å²) in [4.78, 5) is 2.68. The van der Waals surface area contributed by atoms with E-state index in [-0.39, 0.29) is 0 Å². The Morgan fingerprint density at radius 2 is 1.82 bits per heavy atom. The van der Waals surface area contributed by atoms with E-state index in [0.29, 0.717) is 0 Å². The number of halogens is 1. The Balaban J connectivity index is 2.09. The first kappa shape index (κ1) is 15.3. The van der Waals surface area contributed by atoms with Crippen LogP contribution in [-0.2, 0) is 0 Å². The predicted octanol–water partition coefficient (Wildman–Crippen LogP) is 4.54. The van der Waals surface area contributed by atoms with Crippen molar-refractivity contribution in [2.75, 3.05) is 25.5 Å². The van der Waals surface area contributed by atoms with Crippen LogP contribution < -0.4 is 0 Å². The molecule has 0 aromatic rings. The molecule has 0 amide bonds. The molecule has 17 heavy (non-hydrogen) atoms. The summed E-state index contributed by atoms with van der Waals surface area (Å²) in [5.74, 6) is 2.68. The summed E-state index contributed by atoms with van der Waals surface area (Å²) in [7, 11) is 0. The summed E-state index contributed by atoms with van der Waals surface area (Å²) >= 11 is 5.69. The molecule has 1 unspecified atom stereocenters. The van der Waals surface area contributed by atoms with Gasteiger partial charge in [-0.05, 0) is 63.6 Å². The van der Waals surface area contributed by atoms with Crippen molar-refractivity contribution in [2.45, 2.75) is 58.8 Å². The maximum Gasteiger partial charge on any atom is 0.0223 e. The van der Waals surface area contributed by atoms with Crippen LogP contribution >= 0.6 is 11.6 Å². The molecule has 0 saturated carbocycles. The van der Waals surface area contributed by atoms with E-state index in [1.807, 2.05) is 0 Å². The minimum Gasteiger partial charge on any atom is -0.303 e. The molecule has 0 aromatic heterocycles. The molecule has 1 saturated heterocycles. The van der Waals surface area contributed by atoms with Crippen molar-refractivity contribution in [1.82, 2.24) is 4.90 Å². The molecule has 1 rings (SSSR count). The Labute approximate surface area is 113 Å². The number of nitrogens with zero attached hydrogens (tertiary/aromatic N) is 1. The van der Waals surface area contributed by atoms with Crippen LogP contribution in [0.15, 0.2) is 0 Å². The highest BCUT2D eigenvalue weighted by Gasteiger charge is 2.18. The molecule has 0 radical (unpaired) electrons. The normalized spacial score (nSPS) is 22.9. The Bertz CT molecular complexity index is 182. The van der Waals surface area contributed by atoms with Crippen molar-refractivity contribution >= 4 is 11.6 Å². The SMILES string of the molecule is CC(C)C1CCCN(CCCCCCCl)CC1. The predicted molar refractivity (Wildman–Crippen MR) is 77.8 cm³/mol. The molecule has 2 heteroatoms. The van der Waals surface area contributed by atoms with Gasteiger partial charge in [-0.3, -0.25) is 0 Å². The highest BCUT2D eigenvalue weighted by molar-refractivity contribution is 6.17. The van der Waals surface area contributed by atoms with Crippen LogP contribution in [-0.4, -0.2) is 30.4 Å². The first-order chi connectivity index (χ1) is 8.24. The lowest BCUT2D eigenvalue weighted by Gasteiger charge is -2.21. The summed E-state index contributed by atoms with van der Waals surface area (Å²) in [6, 6.07) is 0. The molecule has 0 aromatic carbocycles. The van der Waals surface area contributed by atoms with E-state index in [1.165, 1.54) is 64.6 Å². The van der Waals surface area contributed by atoms with E-state index in [9.17, 15) is 0 Å². The number of hydrogen-bond acceptors (Lipinski definition) is 1. The van der Waals surface area contributed by atoms with Gasteiger partial charge < -0.3 is 4.90 Å². The van der Waals surface area contributed by atoms with Gasteiger partial charge in [-0.2, -0.15) is 0 Å². The van der Waals surface area contributed by atoms with Gasteiger partial charge in [0.15, 0.2) is 0 Å². The largest absolute Gasteiger partial charge is 0.303 e. The Morgan fingerprint density at radius 3 is 2.53 bits per heavy atom. The zero-order valence-corrected chi connectivity index (χ0v) is 12.5. The van der Waals surface area contributed by atoms with Gasteiger partial charge in [0.05, 0.1) is 0 Å². The molecule has 1 nitrogen and oxygen atoms in total. The molecule has 102 valence electrons. The topological polar surface area (TPSA) is 3.24 Å². The fourth-order valence-electron chi connectivity index (χ4n) is 2.86. The van der Waals surface area contributed by atoms with Crippen LogP contribution in [0.3, 0.4) is 0 Å². The van der Waals surface area contributed by atoms with Crippen molar-refractivity contribution in [3.05, 3.63) is 0 Å². The van der Waals surface area contributed by atoms with Crippen LogP contribution in [0.2, 0.25) is 0 Å². The third-order valence-electron chi connectivity index (χ3n) is 4.17. The van der Waals surface area contributed by atoms with Crippen LogP contribution in [0.1, 0.15) is 58.8 Å². The number of hydrogen-bond donors (Lipinski definition) is 0. The second kappa shape index (κ2) is 9.22. The highest BCUT2D eigenvalue weighted by Crippen LogP contribution is 2.24. The number of rotatable bonds is 7. The van der Waals surface area contributed by atoms with E-state index >= 15 is 0 Å². The number of likely N-dealkylation sites (tertiary alicyclic amines) is 1. The average molecular weight is 260 g/mol. The maximum absolute atomic E-state index is 5.69. The van der Waals surface area contributed by atoms with E-state index < -0.39 is 0 Å². The third-order valence-corrected chi connectivity index (χ3v) is 4.43. The monoisotopic (exact) mass is 259 g/mol. The molecule has 0 bridgehead atoms. The van der Waals surface area contributed by atoms with Gasteiger partial charge in [0.2, 0.25) is 0 Å². The fourth-order valence-corrected chi connectivity index (χ4v) is 3.04. The van der Waals surface area contributed by atoms with Crippen molar-refractivity contribution in [3.63, 3.8) is 0 Å². The van der Waals surface area contributed by atoms with Gasteiger partial charge in [0.25, 0.3) is 0 Å².